The molecule has 2 aromatic carbocycles. The number of imidazole rings is 1. The molecule has 27 heavy (non-hydrogen) atoms. The number of benzene rings is 2. The Morgan fingerprint density at radius 1 is 1.22 bits per heavy atom. The summed E-state index contributed by atoms with van der Waals surface area (Å²) >= 11 is 1.28. The van der Waals surface area contributed by atoms with Crippen molar-refractivity contribution in [2.45, 2.75) is 5.16 Å². The van der Waals surface area contributed by atoms with Gasteiger partial charge in [-0.15, -0.1) is 0 Å². The van der Waals surface area contributed by atoms with E-state index < -0.39 is 0 Å². The second kappa shape index (κ2) is 7.93. The monoisotopic (exact) mass is 379 g/mol. The molecule has 0 aliphatic carbocycles. The number of carbonyl (C=O) groups is 2. The molecule has 0 aliphatic rings. The maximum atomic E-state index is 12.1. The molecule has 1 heterocycles. The van der Waals surface area contributed by atoms with Crippen molar-refractivity contribution >= 4 is 40.3 Å². The lowest BCUT2D eigenvalue weighted by Gasteiger charge is -2.09. The average Bonchev–Trinajstić information content (AvgIpc) is 3.08. The van der Waals surface area contributed by atoms with Crippen molar-refractivity contribution in [3.05, 3.63) is 53.6 Å². The van der Waals surface area contributed by atoms with Crippen LogP contribution in [0.5, 0.6) is 0 Å². The van der Waals surface area contributed by atoms with Gasteiger partial charge in [-0.3, -0.25) is 9.59 Å². The minimum atomic E-state index is -0.173. The quantitative estimate of drug-likeness (QED) is 0.664. The van der Waals surface area contributed by atoms with Crippen LogP contribution in [0, 0.1) is 11.3 Å². The summed E-state index contributed by atoms with van der Waals surface area (Å²) in [5.41, 5.74) is 3.22. The highest BCUT2D eigenvalue weighted by atomic mass is 32.2. The molecule has 0 aliphatic heterocycles. The molecular weight excluding hydrogens is 362 g/mol. The van der Waals surface area contributed by atoms with Crippen LogP contribution in [0.25, 0.3) is 11.0 Å². The van der Waals surface area contributed by atoms with Gasteiger partial charge >= 0.3 is 0 Å². The summed E-state index contributed by atoms with van der Waals surface area (Å²) < 4.78 is 0. The van der Waals surface area contributed by atoms with Crippen molar-refractivity contribution in [1.29, 1.82) is 5.26 Å². The molecule has 136 valence electrons. The number of anilines is 1. The van der Waals surface area contributed by atoms with Crippen molar-refractivity contribution in [2.24, 2.45) is 0 Å². The summed E-state index contributed by atoms with van der Waals surface area (Å²) in [5, 5.41) is 12.2. The first-order valence-corrected chi connectivity index (χ1v) is 9.09. The number of aromatic nitrogens is 2. The highest BCUT2D eigenvalue weighted by Crippen LogP contribution is 2.21. The minimum absolute atomic E-state index is 0.0871. The van der Waals surface area contributed by atoms with Gasteiger partial charge in [0.15, 0.2) is 5.16 Å². The summed E-state index contributed by atoms with van der Waals surface area (Å²) in [6.45, 7) is 0. The molecule has 8 heteroatoms. The van der Waals surface area contributed by atoms with Crippen LogP contribution < -0.4 is 5.32 Å². The normalized spacial score (nSPS) is 10.4. The highest BCUT2D eigenvalue weighted by Gasteiger charge is 2.12. The minimum Gasteiger partial charge on any atom is -0.345 e. The third kappa shape index (κ3) is 4.46. The smallest absolute Gasteiger partial charge is 0.253 e. The third-order valence-corrected chi connectivity index (χ3v) is 4.63. The predicted octanol–water partition coefficient (Wildman–Crippen LogP) is 2.87. The molecule has 0 bridgehead atoms. The summed E-state index contributed by atoms with van der Waals surface area (Å²) in [6, 6.07) is 14.0. The lowest BCUT2D eigenvalue weighted by Crippen LogP contribution is -2.21. The Morgan fingerprint density at radius 3 is 2.63 bits per heavy atom. The van der Waals surface area contributed by atoms with Gasteiger partial charge in [-0.25, -0.2) is 4.98 Å². The van der Waals surface area contributed by atoms with E-state index in [2.05, 4.69) is 15.3 Å². The van der Waals surface area contributed by atoms with Crippen LogP contribution in [-0.2, 0) is 4.79 Å². The number of hydrogen-bond acceptors (Lipinski definition) is 5. The Bertz CT molecular complexity index is 1030. The highest BCUT2D eigenvalue weighted by molar-refractivity contribution is 7.99. The van der Waals surface area contributed by atoms with Crippen LogP contribution in [0.3, 0.4) is 0 Å². The SMILES string of the molecule is CN(C)C(=O)c1ccc2[nH]c(SCC(=O)Nc3ccc(C#N)cc3)nc2c1. The molecule has 0 radical (unpaired) electrons. The average molecular weight is 379 g/mol. The van der Waals surface area contributed by atoms with E-state index in [4.69, 9.17) is 5.26 Å². The maximum absolute atomic E-state index is 12.1. The number of carbonyl (C=O) groups excluding carboxylic acids is 2. The number of nitrogens with zero attached hydrogens (tertiary/aromatic N) is 3. The van der Waals surface area contributed by atoms with E-state index in [9.17, 15) is 9.59 Å². The van der Waals surface area contributed by atoms with Gasteiger partial charge in [0, 0.05) is 25.3 Å². The first-order chi connectivity index (χ1) is 13.0. The number of nitriles is 1. The van der Waals surface area contributed by atoms with Crippen molar-refractivity contribution in [2.75, 3.05) is 25.2 Å². The molecule has 1 aromatic heterocycles. The Morgan fingerprint density at radius 2 is 1.96 bits per heavy atom. The summed E-state index contributed by atoms with van der Waals surface area (Å²) in [7, 11) is 3.40. The van der Waals surface area contributed by atoms with Gasteiger partial charge < -0.3 is 15.2 Å². The second-order valence-corrected chi connectivity index (χ2v) is 6.96. The molecule has 0 saturated heterocycles. The van der Waals surface area contributed by atoms with Gasteiger partial charge in [0.05, 0.1) is 28.4 Å². The topological polar surface area (TPSA) is 102 Å². The molecule has 0 spiro atoms. The third-order valence-electron chi connectivity index (χ3n) is 3.75. The van der Waals surface area contributed by atoms with Crippen molar-refractivity contribution in [1.82, 2.24) is 14.9 Å². The summed E-state index contributed by atoms with van der Waals surface area (Å²) in [4.78, 5) is 33.2. The molecule has 2 amide bonds. The van der Waals surface area contributed by atoms with E-state index in [-0.39, 0.29) is 17.6 Å². The van der Waals surface area contributed by atoms with Gasteiger partial charge in [-0.2, -0.15) is 5.26 Å². The maximum Gasteiger partial charge on any atom is 0.253 e. The van der Waals surface area contributed by atoms with Gasteiger partial charge in [-0.05, 0) is 42.5 Å². The van der Waals surface area contributed by atoms with Crippen LogP contribution >= 0.6 is 11.8 Å². The van der Waals surface area contributed by atoms with Crippen molar-refractivity contribution in [3.63, 3.8) is 0 Å². The molecule has 2 N–H and O–H groups in total. The number of fused-ring (bicyclic) bond motifs is 1. The second-order valence-electron chi connectivity index (χ2n) is 6.00. The van der Waals surface area contributed by atoms with Gasteiger partial charge in [0.2, 0.25) is 5.91 Å². The van der Waals surface area contributed by atoms with Crippen LogP contribution in [0.2, 0.25) is 0 Å². The summed E-state index contributed by atoms with van der Waals surface area (Å²) in [5.74, 6) is -0.0759. The molecule has 0 fully saturated rings. The van der Waals surface area contributed by atoms with Crippen LogP contribution in [0.4, 0.5) is 5.69 Å². The zero-order valence-corrected chi connectivity index (χ0v) is 15.6. The molecule has 0 unspecified atom stereocenters. The largest absolute Gasteiger partial charge is 0.345 e. The Kier molecular flexibility index (Phi) is 5.43. The molecule has 3 aromatic rings. The molecule has 0 atom stereocenters. The molecule has 0 saturated carbocycles. The van der Waals surface area contributed by atoms with Crippen molar-refractivity contribution < 1.29 is 9.59 Å². The van der Waals surface area contributed by atoms with Gasteiger partial charge in [0.25, 0.3) is 5.91 Å². The lowest BCUT2D eigenvalue weighted by atomic mass is 10.2. The van der Waals surface area contributed by atoms with Crippen LogP contribution in [0.1, 0.15) is 15.9 Å². The first-order valence-electron chi connectivity index (χ1n) is 8.10. The number of nitrogens with one attached hydrogen (secondary N) is 2. The fourth-order valence-electron chi connectivity index (χ4n) is 2.40. The van der Waals surface area contributed by atoms with Crippen LogP contribution in [-0.4, -0.2) is 46.5 Å². The Balaban J connectivity index is 1.63. The van der Waals surface area contributed by atoms with Crippen molar-refractivity contribution in [3.8, 4) is 6.07 Å². The number of H-pyrrole nitrogens is 1. The summed E-state index contributed by atoms with van der Waals surface area (Å²) in [6.07, 6.45) is 0. The number of rotatable bonds is 5. The zero-order valence-electron chi connectivity index (χ0n) is 14.8. The number of aromatic amines is 1. The number of amides is 2. The lowest BCUT2D eigenvalue weighted by molar-refractivity contribution is -0.113. The van der Waals surface area contributed by atoms with E-state index in [1.807, 2.05) is 6.07 Å². The van der Waals surface area contributed by atoms with Crippen LogP contribution in [0.15, 0.2) is 47.6 Å². The number of thioether (sulfide) groups is 1. The molecule has 3 rings (SSSR count). The number of hydrogen-bond donors (Lipinski definition) is 2. The predicted molar refractivity (Wildman–Crippen MR) is 105 cm³/mol. The van der Waals surface area contributed by atoms with E-state index in [1.54, 1.807) is 56.6 Å². The van der Waals surface area contributed by atoms with Gasteiger partial charge in [-0.1, -0.05) is 11.8 Å². The fraction of sp³-hybridized carbons (Fsp3) is 0.158. The Labute approximate surface area is 160 Å². The van der Waals surface area contributed by atoms with E-state index in [1.165, 1.54) is 16.7 Å². The molecule has 7 nitrogen and oxygen atoms in total. The Hall–Kier alpha value is -3.31. The van der Waals surface area contributed by atoms with E-state index in [0.29, 0.717) is 27.5 Å². The standard InChI is InChI=1S/C19H17N5O2S/c1-24(2)18(26)13-5-8-15-16(9-13)23-19(22-15)27-11-17(25)21-14-6-3-12(10-20)4-7-14/h3-9H,11H2,1-2H3,(H,21,25)(H,22,23). The fourth-order valence-corrected chi connectivity index (χ4v) is 3.09. The van der Waals surface area contributed by atoms with E-state index >= 15 is 0 Å². The molecular formula is C19H17N5O2S. The van der Waals surface area contributed by atoms with E-state index in [0.717, 1.165) is 5.52 Å². The van der Waals surface area contributed by atoms with Gasteiger partial charge in [0.1, 0.15) is 0 Å². The first kappa shape index (κ1) is 18.5. The zero-order chi connectivity index (χ0) is 19.4.